The Hall–Kier alpha value is -2.69. The molecule has 1 saturated heterocycles. The van der Waals surface area contributed by atoms with Crippen molar-refractivity contribution in [3.05, 3.63) is 60.2 Å². The van der Waals surface area contributed by atoms with Gasteiger partial charge in [-0.1, -0.05) is 0 Å². The number of carbonyl (C=O) groups excluding carboxylic acids is 1. The Labute approximate surface area is 140 Å². The van der Waals surface area contributed by atoms with Crippen LogP contribution in [-0.4, -0.2) is 38.8 Å². The maximum absolute atomic E-state index is 12.7. The van der Waals surface area contributed by atoms with Crippen molar-refractivity contribution in [2.24, 2.45) is 5.92 Å². The zero-order valence-electron chi connectivity index (χ0n) is 13.5. The van der Waals surface area contributed by atoms with Gasteiger partial charge in [0.1, 0.15) is 0 Å². The van der Waals surface area contributed by atoms with E-state index in [0.29, 0.717) is 5.92 Å². The van der Waals surface area contributed by atoms with Gasteiger partial charge in [-0.05, 0) is 61.1 Å². The first kappa shape index (κ1) is 14.9. The lowest BCUT2D eigenvalue weighted by Gasteiger charge is -2.32. The Morgan fingerprint density at radius 1 is 1.17 bits per heavy atom. The minimum Gasteiger partial charge on any atom is -0.345 e. The molecule has 5 nitrogen and oxygen atoms in total. The van der Waals surface area contributed by atoms with Crippen molar-refractivity contribution in [3.63, 3.8) is 0 Å². The summed E-state index contributed by atoms with van der Waals surface area (Å²) >= 11 is 0. The number of aromatic amines is 1. The average Bonchev–Trinajstić information content (AvgIpc) is 3.10. The fraction of sp³-hybridized carbons (Fsp3) is 0.316. The molecule has 0 radical (unpaired) electrons. The summed E-state index contributed by atoms with van der Waals surface area (Å²) in [5.74, 6) is 0.764. The smallest absolute Gasteiger partial charge is 0.253 e. The van der Waals surface area contributed by atoms with E-state index in [9.17, 15) is 4.79 Å². The predicted octanol–water partition coefficient (Wildman–Crippen LogP) is 3.05. The maximum atomic E-state index is 12.7. The first-order valence-electron chi connectivity index (χ1n) is 8.41. The zero-order chi connectivity index (χ0) is 16.4. The van der Waals surface area contributed by atoms with Gasteiger partial charge in [0.05, 0.1) is 17.4 Å². The van der Waals surface area contributed by atoms with Gasteiger partial charge >= 0.3 is 0 Å². The van der Waals surface area contributed by atoms with E-state index in [1.807, 2.05) is 35.5 Å². The number of hydrogen-bond acceptors (Lipinski definition) is 3. The van der Waals surface area contributed by atoms with Gasteiger partial charge in [-0.15, -0.1) is 0 Å². The van der Waals surface area contributed by atoms with Crippen LogP contribution in [0.15, 0.2) is 49.1 Å². The molecule has 1 fully saturated rings. The lowest BCUT2D eigenvalue weighted by Crippen LogP contribution is -2.38. The molecule has 1 aromatic carbocycles. The van der Waals surface area contributed by atoms with Gasteiger partial charge in [0.15, 0.2) is 0 Å². The number of piperidine rings is 1. The quantitative estimate of drug-likeness (QED) is 0.807. The monoisotopic (exact) mass is 320 g/mol. The van der Waals surface area contributed by atoms with Crippen LogP contribution in [0.3, 0.4) is 0 Å². The van der Waals surface area contributed by atoms with Crippen LogP contribution in [0.5, 0.6) is 0 Å². The number of benzene rings is 1. The number of nitrogens with one attached hydrogen (secondary N) is 1. The molecule has 3 aromatic rings. The van der Waals surface area contributed by atoms with E-state index < -0.39 is 0 Å². The number of rotatable bonds is 3. The van der Waals surface area contributed by atoms with Gasteiger partial charge in [0, 0.05) is 31.0 Å². The van der Waals surface area contributed by atoms with Gasteiger partial charge < -0.3 is 9.88 Å². The Kier molecular flexibility index (Phi) is 3.99. The fourth-order valence-electron chi connectivity index (χ4n) is 3.44. The molecule has 0 unspecified atom stereocenters. The Morgan fingerprint density at radius 3 is 2.75 bits per heavy atom. The van der Waals surface area contributed by atoms with Crippen LogP contribution < -0.4 is 0 Å². The number of nitrogens with zero attached hydrogens (tertiary/aromatic N) is 3. The van der Waals surface area contributed by atoms with E-state index >= 15 is 0 Å². The first-order chi connectivity index (χ1) is 11.8. The Morgan fingerprint density at radius 2 is 1.96 bits per heavy atom. The molecule has 24 heavy (non-hydrogen) atoms. The van der Waals surface area contributed by atoms with Gasteiger partial charge in [0.25, 0.3) is 5.91 Å². The number of amides is 1. The number of fused-ring (bicyclic) bond motifs is 1. The third-order valence-electron chi connectivity index (χ3n) is 4.84. The third kappa shape index (κ3) is 3.02. The molecule has 1 aliphatic heterocycles. The van der Waals surface area contributed by atoms with Crippen molar-refractivity contribution in [2.45, 2.75) is 19.3 Å². The molecule has 0 saturated carbocycles. The summed E-state index contributed by atoms with van der Waals surface area (Å²) in [5, 5.41) is 0. The molecule has 122 valence electrons. The molecular formula is C19H20N4O. The number of hydrogen-bond donors (Lipinski definition) is 1. The molecule has 5 heteroatoms. The van der Waals surface area contributed by atoms with Gasteiger partial charge in [0.2, 0.25) is 0 Å². The minimum atomic E-state index is 0.119. The maximum Gasteiger partial charge on any atom is 0.253 e. The highest BCUT2D eigenvalue weighted by Gasteiger charge is 2.24. The third-order valence-corrected chi connectivity index (χ3v) is 4.84. The van der Waals surface area contributed by atoms with Crippen LogP contribution in [0.2, 0.25) is 0 Å². The highest BCUT2D eigenvalue weighted by molar-refractivity contribution is 5.97. The second-order valence-electron chi connectivity index (χ2n) is 6.43. The molecule has 0 spiro atoms. The standard InChI is InChI=1S/C19H20N4O/c24-19(16-1-2-17-18(12-16)22-13-21-17)23-9-5-15(6-10-23)11-14-3-7-20-8-4-14/h1-4,7-8,12-13,15H,5-6,9-11H2,(H,21,22). The molecule has 3 heterocycles. The minimum absolute atomic E-state index is 0.119. The lowest BCUT2D eigenvalue weighted by molar-refractivity contribution is 0.0690. The van der Waals surface area contributed by atoms with Crippen LogP contribution in [-0.2, 0) is 6.42 Å². The molecule has 0 atom stereocenters. The highest BCUT2D eigenvalue weighted by atomic mass is 16.2. The molecule has 1 amide bonds. The zero-order valence-corrected chi connectivity index (χ0v) is 13.5. The lowest BCUT2D eigenvalue weighted by atomic mass is 9.90. The summed E-state index contributed by atoms with van der Waals surface area (Å²) in [5.41, 5.74) is 3.87. The van der Waals surface area contributed by atoms with Crippen LogP contribution in [0.1, 0.15) is 28.8 Å². The summed E-state index contributed by atoms with van der Waals surface area (Å²) in [7, 11) is 0. The highest BCUT2D eigenvalue weighted by Crippen LogP contribution is 2.23. The summed E-state index contributed by atoms with van der Waals surface area (Å²) < 4.78 is 0. The van der Waals surface area contributed by atoms with Crippen molar-refractivity contribution < 1.29 is 4.79 Å². The summed E-state index contributed by atoms with van der Waals surface area (Å²) in [6.07, 6.45) is 8.54. The van der Waals surface area contributed by atoms with E-state index in [1.165, 1.54) is 5.56 Å². The first-order valence-corrected chi connectivity index (χ1v) is 8.41. The Balaban J connectivity index is 1.39. The van der Waals surface area contributed by atoms with Crippen LogP contribution in [0, 0.1) is 5.92 Å². The SMILES string of the molecule is O=C(c1ccc2nc[nH]c2c1)N1CCC(Cc2ccncc2)CC1. The molecule has 0 aliphatic carbocycles. The van der Waals surface area contributed by atoms with E-state index in [-0.39, 0.29) is 5.91 Å². The van der Waals surface area contributed by atoms with Crippen molar-refractivity contribution in [1.82, 2.24) is 19.9 Å². The molecule has 2 aromatic heterocycles. The topological polar surface area (TPSA) is 61.9 Å². The normalized spacial score (nSPS) is 15.8. The molecule has 1 N–H and O–H groups in total. The molecule has 0 bridgehead atoms. The van der Waals surface area contributed by atoms with Crippen LogP contribution in [0.4, 0.5) is 0 Å². The number of carbonyl (C=O) groups is 1. The molecule has 4 rings (SSSR count). The van der Waals surface area contributed by atoms with Crippen molar-refractivity contribution in [2.75, 3.05) is 13.1 Å². The number of imidazole rings is 1. The average molecular weight is 320 g/mol. The van der Waals surface area contributed by atoms with E-state index in [4.69, 9.17) is 0 Å². The van der Waals surface area contributed by atoms with E-state index in [1.54, 1.807) is 6.33 Å². The van der Waals surface area contributed by atoms with E-state index in [2.05, 4.69) is 27.1 Å². The number of H-pyrrole nitrogens is 1. The second kappa shape index (κ2) is 6.43. The van der Waals surface area contributed by atoms with Crippen molar-refractivity contribution >= 4 is 16.9 Å². The molecule has 1 aliphatic rings. The van der Waals surface area contributed by atoms with Crippen LogP contribution in [0.25, 0.3) is 11.0 Å². The Bertz CT molecular complexity index is 835. The van der Waals surface area contributed by atoms with Crippen molar-refractivity contribution in [1.29, 1.82) is 0 Å². The number of pyridine rings is 1. The fourth-order valence-corrected chi connectivity index (χ4v) is 3.44. The van der Waals surface area contributed by atoms with E-state index in [0.717, 1.165) is 48.9 Å². The largest absolute Gasteiger partial charge is 0.345 e. The van der Waals surface area contributed by atoms with Crippen LogP contribution >= 0.6 is 0 Å². The second-order valence-corrected chi connectivity index (χ2v) is 6.43. The summed E-state index contributed by atoms with van der Waals surface area (Å²) in [6, 6.07) is 9.83. The summed E-state index contributed by atoms with van der Waals surface area (Å²) in [6.45, 7) is 1.66. The van der Waals surface area contributed by atoms with Crippen molar-refractivity contribution in [3.8, 4) is 0 Å². The molecular weight excluding hydrogens is 300 g/mol. The van der Waals surface area contributed by atoms with Gasteiger partial charge in [-0.3, -0.25) is 9.78 Å². The number of aromatic nitrogens is 3. The van der Waals surface area contributed by atoms with Gasteiger partial charge in [-0.2, -0.15) is 0 Å². The number of likely N-dealkylation sites (tertiary alicyclic amines) is 1. The van der Waals surface area contributed by atoms with Gasteiger partial charge in [-0.25, -0.2) is 4.98 Å². The summed E-state index contributed by atoms with van der Waals surface area (Å²) in [4.78, 5) is 26.0. The predicted molar refractivity (Wildman–Crippen MR) is 92.7 cm³/mol.